The Balaban J connectivity index is 1.84. The van der Waals surface area contributed by atoms with Gasteiger partial charge < -0.3 is 4.74 Å². The fourth-order valence-corrected chi connectivity index (χ4v) is 1.85. The van der Waals surface area contributed by atoms with E-state index in [1.165, 1.54) is 4.79 Å². The quantitative estimate of drug-likeness (QED) is 0.786. The molecule has 0 saturated carbocycles. The Bertz CT molecular complexity index is 749. The van der Waals surface area contributed by atoms with Gasteiger partial charge in [0.2, 0.25) is 0 Å². The minimum atomic E-state index is -0.261. The molecule has 0 unspecified atom stereocenters. The van der Waals surface area contributed by atoms with Crippen LogP contribution < -0.4 is 10.2 Å². The summed E-state index contributed by atoms with van der Waals surface area (Å²) in [6, 6.07) is 14.2. The van der Waals surface area contributed by atoms with Crippen molar-refractivity contribution in [3.05, 3.63) is 54.1 Å². The summed E-state index contributed by atoms with van der Waals surface area (Å²) in [7, 11) is 1.58. The molecule has 1 aromatic heterocycles. The summed E-state index contributed by atoms with van der Waals surface area (Å²) < 4.78 is 5.05. The number of aromatic nitrogens is 3. The molecule has 100 valence electrons. The van der Waals surface area contributed by atoms with Crippen molar-refractivity contribution < 1.29 is 9.53 Å². The van der Waals surface area contributed by atoms with Gasteiger partial charge in [-0.3, -0.25) is 4.79 Å². The first-order valence-electron chi connectivity index (χ1n) is 6.04. The van der Waals surface area contributed by atoms with Gasteiger partial charge in [-0.2, -0.15) is 4.79 Å². The molecule has 1 N–H and O–H groups in total. The van der Waals surface area contributed by atoms with E-state index in [1.807, 2.05) is 24.3 Å². The topological polar surface area (TPSA) is 69.0 Å². The Morgan fingerprint density at radius 1 is 1.15 bits per heavy atom. The predicted octanol–water partition coefficient (Wildman–Crippen LogP) is 1.82. The van der Waals surface area contributed by atoms with Gasteiger partial charge in [-0.1, -0.05) is 12.1 Å². The highest BCUT2D eigenvalue weighted by Gasteiger charge is 2.09. The third-order valence-corrected chi connectivity index (χ3v) is 2.91. The molecule has 3 aromatic rings. The van der Waals surface area contributed by atoms with Gasteiger partial charge in [-0.25, -0.2) is 5.43 Å². The molecule has 1 amide bonds. The second-order valence-corrected chi connectivity index (χ2v) is 4.16. The average molecular weight is 268 g/mol. The Labute approximate surface area is 114 Å². The van der Waals surface area contributed by atoms with Crippen LogP contribution in [0.1, 0.15) is 10.4 Å². The van der Waals surface area contributed by atoms with E-state index in [0.717, 1.165) is 11.0 Å². The number of carbonyl (C=O) groups excluding carboxylic acids is 1. The molecule has 6 heteroatoms. The number of fused-ring (bicyclic) bond motifs is 1. The molecular weight excluding hydrogens is 256 g/mol. The zero-order valence-corrected chi connectivity index (χ0v) is 10.8. The van der Waals surface area contributed by atoms with E-state index in [2.05, 4.69) is 15.7 Å². The normalized spacial score (nSPS) is 10.4. The Morgan fingerprint density at radius 2 is 1.90 bits per heavy atom. The number of amides is 1. The fourth-order valence-electron chi connectivity index (χ4n) is 1.85. The van der Waals surface area contributed by atoms with Crippen molar-refractivity contribution in [3.8, 4) is 5.75 Å². The highest BCUT2D eigenvalue weighted by Crippen LogP contribution is 2.12. The smallest absolute Gasteiger partial charge is 0.271 e. The lowest BCUT2D eigenvalue weighted by molar-refractivity contribution is 0.101. The molecule has 0 radical (unpaired) electrons. The summed E-state index contributed by atoms with van der Waals surface area (Å²) in [5, 5.41) is 7.88. The molecule has 20 heavy (non-hydrogen) atoms. The number of ether oxygens (including phenoxy) is 1. The molecule has 0 saturated heterocycles. The lowest BCUT2D eigenvalue weighted by Crippen LogP contribution is -2.23. The zero-order valence-electron chi connectivity index (χ0n) is 10.8. The van der Waals surface area contributed by atoms with Gasteiger partial charge in [0.15, 0.2) is 0 Å². The number of benzene rings is 2. The molecule has 0 atom stereocenters. The van der Waals surface area contributed by atoms with Crippen molar-refractivity contribution in [2.75, 3.05) is 12.5 Å². The van der Waals surface area contributed by atoms with Crippen LogP contribution in [0.2, 0.25) is 0 Å². The van der Waals surface area contributed by atoms with E-state index in [1.54, 1.807) is 31.4 Å². The van der Waals surface area contributed by atoms with Crippen LogP contribution in [0.5, 0.6) is 5.75 Å². The molecule has 0 aliphatic rings. The van der Waals surface area contributed by atoms with Gasteiger partial charge in [0.25, 0.3) is 5.91 Å². The largest absolute Gasteiger partial charge is 0.497 e. The summed E-state index contributed by atoms with van der Waals surface area (Å²) in [4.78, 5) is 13.5. The summed E-state index contributed by atoms with van der Waals surface area (Å²) in [5.74, 6) is 0.441. The maximum absolute atomic E-state index is 12.1. The van der Waals surface area contributed by atoms with Crippen LogP contribution in [0.3, 0.4) is 0 Å². The Kier molecular flexibility index (Phi) is 3.04. The van der Waals surface area contributed by atoms with Crippen molar-refractivity contribution in [2.45, 2.75) is 0 Å². The summed E-state index contributed by atoms with van der Waals surface area (Å²) in [5.41, 5.74) is 4.67. The first kappa shape index (κ1) is 12.2. The number of hydrogen-bond acceptors (Lipinski definition) is 4. The number of para-hydroxylation sites is 1. The van der Waals surface area contributed by atoms with Gasteiger partial charge in [0, 0.05) is 5.56 Å². The van der Waals surface area contributed by atoms with Crippen LogP contribution in [-0.4, -0.2) is 28.1 Å². The van der Waals surface area contributed by atoms with Crippen LogP contribution in [0.15, 0.2) is 48.5 Å². The van der Waals surface area contributed by atoms with Crippen molar-refractivity contribution in [2.24, 2.45) is 0 Å². The number of carbonyl (C=O) groups is 1. The molecule has 0 spiro atoms. The van der Waals surface area contributed by atoms with E-state index in [9.17, 15) is 4.79 Å². The zero-order chi connectivity index (χ0) is 13.9. The van der Waals surface area contributed by atoms with Gasteiger partial charge in [0.05, 0.1) is 7.11 Å². The van der Waals surface area contributed by atoms with E-state index < -0.39 is 0 Å². The molecular formula is C14H12N4O2. The number of methoxy groups -OCH3 is 1. The van der Waals surface area contributed by atoms with Gasteiger partial charge >= 0.3 is 0 Å². The van der Waals surface area contributed by atoms with Crippen molar-refractivity contribution in [1.29, 1.82) is 0 Å². The summed E-state index contributed by atoms with van der Waals surface area (Å²) in [6.07, 6.45) is 0. The first-order valence-corrected chi connectivity index (χ1v) is 6.04. The summed E-state index contributed by atoms with van der Waals surface area (Å²) in [6.45, 7) is 0. The van der Waals surface area contributed by atoms with Crippen LogP contribution in [0.25, 0.3) is 11.0 Å². The molecule has 1 heterocycles. The van der Waals surface area contributed by atoms with Gasteiger partial charge in [-0.05, 0) is 41.6 Å². The second kappa shape index (κ2) is 5.00. The molecule has 0 bridgehead atoms. The molecule has 3 rings (SSSR count). The van der Waals surface area contributed by atoms with Gasteiger partial charge in [0.1, 0.15) is 16.8 Å². The van der Waals surface area contributed by atoms with E-state index in [-0.39, 0.29) is 5.91 Å². The average Bonchev–Trinajstić information content (AvgIpc) is 2.91. The summed E-state index contributed by atoms with van der Waals surface area (Å²) >= 11 is 0. The number of rotatable bonds is 3. The van der Waals surface area contributed by atoms with Crippen LogP contribution in [0.4, 0.5) is 0 Å². The number of nitrogens with zero attached hydrogens (tertiary/aromatic N) is 3. The number of nitrogens with one attached hydrogen (secondary N) is 1. The Morgan fingerprint density at radius 3 is 2.65 bits per heavy atom. The van der Waals surface area contributed by atoms with Crippen molar-refractivity contribution in [3.63, 3.8) is 0 Å². The maximum Gasteiger partial charge on any atom is 0.271 e. The molecule has 0 fully saturated rings. The molecule has 2 aromatic carbocycles. The van der Waals surface area contributed by atoms with Crippen molar-refractivity contribution >= 4 is 16.9 Å². The highest BCUT2D eigenvalue weighted by molar-refractivity contribution is 6.00. The second-order valence-electron chi connectivity index (χ2n) is 4.16. The molecule has 0 aliphatic carbocycles. The molecule has 0 aliphatic heterocycles. The minimum absolute atomic E-state index is 0.261. The van der Waals surface area contributed by atoms with Crippen LogP contribution >= 0.6 is 0 Å². The lowest BCUT2D eigenvalue weighted by Gasteiger charge is -2.06. The molecule has 6 nitrogen and oxygen atoms in total. The number of hydrogen-bond donors (Lipinski definition) is 1. The lowest BCUT2D eigenvalue weighted by atomic mass is 10.2. The van der Waals surface area contributed by atoms with E-state index >= 15 is 0 Å². The highest BCUT2D eigenvalue weighted by atomic mass is 16.5. The third-order valence-electron chi connectivity index (χ3n) is 2.91. The minimum Gasteiger partial charge on any atom is -0.497 e. The monoisotopic (exact) mass is 268 g/mol. The first-order chi connectivity index (χ1) is 9.78. The SMILES string of the molecule is COc1ccc(C(=O)Nn2nnc3ccccc32)cc1. The van der Waals surface area contributed by atoms with Crippen molar-refractivity contribution in [1.82, 2.24) is 15.1 Å². The van der Waals surface area contributed by atoms with Crippen LogP contribution in [-0.2, 0) is 0 Å². The van der Waals surface area contributed by atoms with Gasteiger partial charge in [-0.15, -0.1) is 5.10 Å². The predicted molar refractivity (Wildman–Crippen MR) is 74.2 cm³/mol. The standard InChI is InChI=1S/C14H12N4O2/c1-20-11-8-6-10(7-9-11)14(19)16-18-13-5-3-2-4-12(13)15-17-18/h2-9H,1H3,(H,16,19). The maximum atomic E-state index is 12.1. The fraction of sp³-hybridized carbons (Fsp3) is 0.0714. The Hall–Kier alpha value is -2.89. The van der Waals surface area contributed by atoms with E-state index in [0.29, 0.717) is 11.3 Å². The third kappa shape index (κ3) is 2.18. The van der Waals surface area contributed by atoms with Crippen LogP contribution in [0, 0.1) is 0 Å². The van der Waals surface area contributed by atoms with E-state index in [4.69, 9.17) is 4.74 Å².